The van der Waals surface area contributed by atoms with Crippen molar-refractivity contribution in [1.29, 1.82) is 0 Å². The summed E-state index contributed by atoms with van der Waals surface area (Å²) in [7, 11) is 0. The second-order valence-corrected chi connectivity index (χ2v) is 8.15. The van der Waals surface area contributed by atoms with Gasteiger partial charge in [-0.1, -0.05) is 6.42 Å². The van der Waals surface area contributed by atoms with Crippen molar-refractivity contribution < 1.29 is 18.4 Å². The van der Waals surface area contributed by atoms with Crippen molar-refractivity contribution in [3.8, 4) is 0 Å². The number of hydrogen-bond donors (Lipinski definition) is 2. The first-order valence-electron chi connectivity index (χ1n) is 10.3. The number of aromatic nitrogens is 4. The highest BCUT2D eigenvalue weighted by Gasteiger charge is 2.34. The fourth-order valence-corrected chi connectivity index (χ4v) is 4.55. The zero-order valence-electron chi connectivity index (χ0n) is 17.0. The minimum absolute atomic E-state index is 0.0713. The van der Waals surface area contributed by atoms with Gasteiger partial charge in [0.2, 0.25) is 0 Å². The van der Waals surface area contributed by atoms with Gasteiger partial charge in [-0.3, -0.25) is 9.59 Å². The first kappa shape index (κ1) is 20.1. The summed E-state index contributed by atoms with van der Waals surface area (Å²) in [6.45, 7) is 0. The molecule has 2 atom stereocenters. The number of carbonyl (C=O) groups excluding carboxylic acids is 2. The molecule has 0 spiro atoms. The zero-order valence-corrected chi connectivity index (χ0v) is 17.0. The summed E-state index contributed by atoms with van der Waals surface area (Å²) in [6.07, 6.45) is 2.17. The molecule has 32 heavy (non-hydrogen) atoms. The highest BCUT2D eigenvalue weighted by molar-refractivity contribution is 5.99. The van der Waals surface area contributed by atoms with Crippen LogP contribution in [-0.2, 0) is 0 Å². The Morgan fingerprint density at radius 2 is 1.25 bits per heavy atom. The van der Waals surface area contributed by atoms with Gasteiger partial charge in [0.1, 0.15) is 11.6 Å². The maximum Gasteiger partial charge on any atom is 0.250 e. The number of nitrogen functional groups attached to an aromatic ring is 2. The van der Waals surface area contributed by atoms with Gasteiger partial charge in [0.05, 0.1) is 11.0 Å². The lowest BCUT2D eigenvalue weighted by molar-refractivity contribution is 0.0684. The molecule has 0 radical (unpaired) electrons. The highest BCUT2D eigenvalue weighted by atomic mass is 19.1. The number of fused-ring (bicyclic) bond motifs is 2. The van der Waals surface area contributed by atoms with Crippen LogP contribution in [0, 0.1) is 23.5 Å². The number of hydrogen-bond acceptors (Lipinski definition) is 6. The van der Waals surface area contributed by atoms with Crippen molar-refractivity contribution in [2.24, 2.45) is 11.8 Å². The summed E-state index contributed by atoms with van der Waals surface area (Å²) < 4.78 is 29.5. The average Bonchev–Trinajstić information content (AvgIpc) is 3.29. The van der Waals surface area contributed by atoms with Gasteiger partial charge < -0.3 is 11.5 Å². The molecule has 4 aromatic rings. The first-order valence-corrected chi connectivity index (χ1v) is 10.3. The molecule has 2 aromatic carbocycles. The van der Waals surface area contributed by atoms with Crippen LogP contribution in [0.5, 0.6) is 0 Å². The van der Waals surface area contributed by atoms with Gasteiger partial charge in [-0.15, -0.1) is 10.2 Å². The summed E-state index contributed by atoms with van der Waals surface area (Å²) in [5.74, 6) is -2.28. The molecule has 164 valence electrons. The van der Waals surface area contributed by atoms with Gasteiger partial charge in [-0.2, -0.15) is 9.36 Å². The first-order chi connectivity index (χ1) is 15.3. The maximum absolute atomic E-state index is 13.6. The Labute approximate surface area is 180 Å². The Hall–Kier alpha value is -3.82. The van der Waals surface area contributed by atoms with E-state index >= 15 is 0 Å². The molecular weight excluding hydrogens is 418 g/mol. The Morgan fingerprint density at radius 1 is 0.812 bits per heavy atom. The van der Waals surface area contributed by atoms with Gasteiger partial charge in [0.25, 0.3) is 11.8 Å². The fourth-order valence-electron chi connectivity index (χ4n) is 4.55. The summed E-state index contributed by atoms with van der Waals surface area (Å²) in [5, 5.41) is 8.96. The Morgan fingerprint density at radius 3 is 1.69 bits per heavy atom. The molecule has 5 rings (SSSR count). The van der Waals surface area contributed by atoms with Crippen LogP contribution in [0.3, 0.4) is 0 Å². The van der Waals surface area contributed by atoms with Gasteiger partial charge in [0.15, 0.2) is 11.6 Å². The maximum atomic E-state index is 13.6. The topological polar surface area (TPSA) is 122 Å². The van der Waals surface area contributed by atoms with E-state index in [1.54, 1.807) is 0 Å². The van der Waals surface area contributed by atoms with Crippen molar-refractivity contribution in [1.82, 2.24) is 19.6 Å². The smallest absolute Gasteiger partial charge is 0.250 e. The van der Waals surface area contributed by atoms with E-state index < -0.39 is 23.5 Å². The third-order valence-corrected chi connectivity index (χ3v) is 6.13. The number of benzene rings is 2. The molecule has 0 saturated heterocycles. The molecule has 1 aliphatic carbocycles. The van der Waals surface area contributed by atoms with Crippen LogP contribution in [0.1, 0.15) is 35.3 Å². The lowest BCUT2D eigenvalue weighted by Gasteiger charge is -2.27. The van der Waals surface area contributed by atoms with Gasteiger partial charge >= 0.3 is 0 Å². The predicted molar refractivity (Wildman–Crippen MR) is 115 cm³/mol. The van der Waals surface area contributed by atoms with Crippen molar-refractivity contribution in [2.45, 2.75) is 25.7 Å². The normalized spacial score (nSPS) is 18.9. The Kier molecular flexibility index (Phi) is 4.65. The molecule has 1 fully saturated rings. The number of nitrogens with zero attached hydrogens (tertiary/aromatic N) is 4. The van der Waals surface area contributed by atoms with E-state index in [0.29, 0.717) is 47.5 Å². The Bertz CT molecular complexity index is 1290. The van der Waals surface area contributed by atoms with Gasteiger partial charge in [-0.25, -0.2) is 8.78 Å². The van der Waals surface area contributed by atoms with Crippen molar-refractivity contribution in [2.75, 3.05) is 11.5 Å². The SMILES string of the molecule is Nc1nn(C(=O)C2CCCC(C(=O)n3nc(N)c4cc(F)ccc43)C2)c2ccc(F)cc12. The third-order valence-electron chi connectivity index (χ3n) is 6.13. The van der Waals surface area contributed by atoms with Crippen LogP contribution in [0.25, 0.3) is 21.8 Å². The molecule has 2 heterocycles. The number of nitrogens with two attached hydrogens (primary N) is 2. The van der Waals surface area contributed by atoms with Crippen LogP contribution in [0.4, 0.5) is 20.4 Å². The molecule has 0 aliphatic heterocycles. The number of rotatable bonds is 2. The average molecular weight is 438 g/mol. The molecule has 0 amide bonds. The van der Waals surface area contributed by atoms with Gasteiger partial charge in [-0.05, 0) is 55.7 Å². The van der Waals surface area contributed by atoms with E-state index in [4.69, 9.17) is 11.5 Å². The van der Waals surface area contributed by atoms with E-state index in [9.17, 15) is 18.4 Å². The van der Waals surface area contributed by atoms with Crippen molar-refractivity contribution in [3.05, 3.63) is 48.0 Å². The van der Waals surface area contributed by atoms with Crippen LogP contribution in [-0.4, -0.2) is 31.4 Å². The molecule has 0 bridgehead atoms. The predicted octanol–water partition coefficient (Wildman–Crippen LogP) is 3.62. The van der Waals surface area contributed by atoms with E-state index in [0.717, 1.165) is 0 Å². The number of carbonyl (C=O) groups is 2. The lowest BCUT2D eigenvalue weighted by Crippen LogP contribution is -2.33. The lowest BCUT2D eigenvalue weighted by atomic mass is 9.80. The second-order valence-electron chi connectivity index (χ2n) is 8.15. The second kappa shape index (κ2) is 7.40. The third kappa shape index (κ3) is 3.19. The summed E-state index contributed by atoms with van der Waals surface area (Å²) in [4.78, 5) is 26.5. The van der Waals surface area contributed by atoms with Gasteiger partial charge in [0, 0.05) is 22.6 Å². The van der Waals surface area contributed by atoms with E-state index in [1.165, 1.54) is 45.8 Å². The molecule has 2 aromatic heterocycles. The standard InChI is InChI=1S/C22H20F2N6O2/c23-13-4-6-17-15(9-13)19(25)27-29(17)21(31)11-2-1-3-12(8-11)22(32)30-18-7-5-14(24)10-16(18)20(26)28-30/h4-7,9-12H,1-3,8H2,(H2,25,27)(H2,26,28). The van der Waals surface area contributed by atoms with E-state index in [1.807, 2.05) is 0 Å². The quantitative estimate of drug-likeness (QED) is 0.493. The van der Waals surface area contributed by atoms with Crippen molar-refractivity contribution >= 4 is 45.3 Å². The molecule has 10 heteroatoms. The zero-order chi connectivity index (χ0) is 22.6. The van der Waals surface area contributed by atoms with Crippen LogP contribution >= 0.6 is 0 Å². The molecule has 1 aliphatic rings. The van der Waals surface area contributed by atoms with E-state index in [-0.39, 0.29) is 23.5 Å². The summed E-state index contributed by atoms with van der Waals surface area (Å²) in [5.41, 5.74) is 12.6. The molecular formula is C22H20F2N6O2. The van der Waals surface area contributed by atoms with Crippen LogP contribution < -0.4 is 11.5 Å². The summed E-state index contributed by atoms with van der Waals surface area (Å²) >= 11 is 0. The summed E-state index contributed by atoms with van der Waals surface area (Å²) in [6, 6.07) is 7.91. The molecule has 2 unspecified atom stereocenters. The molecule has 1 saturated carbocycles. The van der Waals surface area contributed by atoms with Crippen LogP contribution in [0.2, 0.25) is 0 Å². The minimum Gasteiger partial charge on any atom is -0.382 e. The van der Waals surface area contributed by atoms with Crippen molar-refractivity contribution in [3.63, 3.8) is 0 Å². The van der Waals surface area contributed by atoms with Crippen LogP contribution in [0.15, 0.2) is 36.4 Å². The highest BCUT2D eigenvalue weighted by Crippen LogP contribution is 2.34. The molecule has 4 N–H and O–H groups in total. The number of halogens is 2. The molecule has 8 nitrogen and oxygen atoms in total. The largest absolute Gasteiger partial charge is 0.382 e. The monoisotopic (exact) mass is 438 g/mol. The number of anilines is 2. The van der Waals surface area contributed by atoms with E-state index in [2.05, 4.69) is 10.2 Å². The fraction of sp³-hybridized carbons (Fsp3) is 0.273. The Balaban J connectivity index is 1.43. The minimum atomic E-state index is -0.467.